The van der Waals surface area contributed by atoms with E-state index in [4.69, 9.17) is 10.7 Å². The second-order valence-corrected chi connectivity index (χ2v) is 7.96. The second kappa shape index (κ2) is 6.27. The highest BCUT2D eigenvalue weighted by molar-refractivity contribution is 6.05. The Bertz CT molecular complexity index is 1050. The Morgan fingerprint density at radius 3 is 2.79 bits per heavy atom. The number of fused-ring (bicyclic) bond motifs is 2. The average Bonchev–Trinajstić information content (AvgIpc) is 3.12. The fourth-order valence-corrected chi connectivity index (χ4v) is 4.00. The molecule has 1 fully saturated rings. The van der Waals surface area contributed by atoms with Crippen LogP contribution < -0.4 is 15.5 Å². The molecule has 3 aromatic rings. The summed E-state index contributed by atoms with van der Waals surface area (Å²) in [4.78, 5) is 25.9. The van der Waals surface area contributed by atoms with Crippen LogP contribution in [0.15, 0.2) is 30.5 Å². The molecule has 2 aliphatic heterocycles. The van der Waals surface area contributed by atoms with Crippen LogP contribution in [0.5, 0.6) is 0 Å². The van der Waals surface area contributed by atoms with Gasteiger partial charge in [-0.1, -0.05) is 12.1 Å². The molecule has 3 N–H and O–H groups in total. The van der Waals surface area contributed by atoms with Crippen LogP contribution in [0.3, 0.4) is 0 Å². The minimum absolute atomic E-state index is 0.103. The molecule has 0 amide bonds. The molecule has 0 radical (unpaired) electrons. The predicted octanol–water partition coefficient (Wildman–Crippen LogP) is 2.40. The molecule has 28 heavy (non-hydrogen) atoms. The fourth-order valence-electron chi connectivity index (χ4n) is 4.00. The number of carbonyl (C=O) groups is 1. The number of benzene rings is 1. The summed E-state index contributed by atoms with van der Waals surface area (Å²) in [6.07, 6.45) is 4.13. The number of nitrogens with two attached hydrogens (primary N) is 1. The zero-order valence-electron chi connectivity index (χ0n) is 15.9. The smallest absolute Gasteiger partial charge is 0.183 e. The average molecular weight is 377 g/mol. The molecule has 4 heterocycles. The largest absolute Gasteiger partial charge is 0.355 e. The molecule has 144 valence electrons. The van der Waals surface area contributed by atoms with E-state index in [0.29, 0.717) is 29.9 Å². The molecule has 2 aliphatic rings. The Morgan fingerprint density at radius 1 is 1.18 bits per heavy atom. The van der Waals surface area contributed by atoms with Gasteiger partial charge in [0.15, 0.2) is 22.8 Å². The Morgan fingerprint density at radius 2 is 1.96 bits per heavy atom. The van der Waals surface area contributed by atoms with Crippen LogP contribution in [-0.2, 0) is 0 Å². The molecule has 8 heteroatoms. The number of rotatable bonds is 2. The van der Waals surface area contributed by atoms with E-state index in [9.17, 15) is 4.79 Å². The van der Waals surface area contributed by atoms with Gasteiger partial charge in [-0.3, -0.25) is 9.89 Å². The van der Waals surface area contributed by atoms with Gasteiger partial charge in [0.25, 0.3) is 0 Å². The maximum atomic E-state index is 12.2. The van der Waals surface area contributed by atoms with E-state index in [-0.39, 0.29) is 11.3 Å². The summed E-state index contributed by atoms with van der Waals surface area (Å²) in [7, 11) is 0. The molecular weight excluding hydrogens is 354 g/mol. The molecule has 0 aliphatic carbocycles. The summed E-state index contributed by atoms with van der Waals surface area (Å²) in [6.45, 7) is 4.42. The van der Waals surface area contributed by atoms with Gasteiger partial charge in [-0.05, 0) is 31.9 Å². The number of ketones is 1. The van der Waals surface area contributed by atoms with Crippen LogP contribution in [0.4, 0.5) is 17.3 Å². The van der Waals surface area contributed by atoms with Gasteiger partial charge in [0, 0.05) is 37.2 Å². The molecule has 2 aromatic heterocycles. The van der Waals surface area contributed by atoms with Crippen molar-refractivity contribution in [2.45, 2.75) is 31.7 Å². The highest BCUT2D eigenvalue weighted by Gasteiger charge is 2.29. The van der Waals surface area contributed by atoms with Crippen molar-refractivity contribution in [3.05, 3.63) is 36.0 Å². The number of hydrogen-bond acceptors (Lipinski definition) is 7. The molecule has 0 spiro atoms. The molecule has 0 atom stereocenters. The Labute approximate surface area is 162 Å². The van der Waals surface area contributed by atoms with Crippen LogP contribution in [0, 0.1) is 0 Å². The van der Waals surface area contributed by atoms with Crippen molar-refractivity contribution in [1.82, 2.24) is 20.2 Å². The predicted molar refractivity (Wildman–Crippen MR) is 108 cm³/mol. The van der Waals surface area contributed by atoms with E-state index < -0.39 is 0 Å². The van der Waals surface area contributed by atoms with E-state index in [1.807, 2.05) is 35.4 Å². The molecule has 0 bridgehead atoms. The van der Waals surface area contributed by atoms with E-state index >= 15 is 0 Å². The minimum atomic E-state index is -0.103. The maximum Gasteiger partial charge on any atom is 0.183 e. The van der Waals surface area contributed by atoms with Gasteiger partial charge in [0.1, 0.15) is 5.82 Å². The number of aromatic nitrogens is 4. The van der Waals surface area contributed by atoms with Crippen LogP contribution in [0.25, 0.3) is 11.2 Å². The minimum Gasteiger partial charge on any atom is -0.355 e. The summed E-state index contributed by atoms with van der Waals surface area (Å²) in [6, 6.07) is 7.64. The lowest BCUT2D eigenvalue weighted by Gasteiger charge is -2.37. The van der Waals surface area contributed by atoms with Crippen LogP contribution in [0.1, 0.15) is 36.5 Å². The van der Waals surface area contributed by atoms with Gasteiger partial charge in [-0.2, -0.15) is 5.10 Å². The Kier molecular flexibility index (Phi) is 3.83. The molecule has 5 rings (SSSR count). The van der Waals surface area contributed by atoms with Gasteiger partial charge in [0.2, 0.25) is 0 Å². The fraction of sp³-hybridized carbons (Fsp3) is 0.400. The van der Waals surface area contributed by atoms with E-state index in [0.717, 1.165) is 43.0 Å². The van der Waals surface area contributed by atoms with Crippen molar-refractivity contribution in [2.75, 3.05) is 29.4 Å². The first-order valence-corrected chi connectivity index (χ1v) is 9.67. The zero-order chi connectivity index (χ0) is 19.3. The van der Waals surface area contributed by atoms with Crippen molar-refractivity contribution in [1.29, 1.82) is 0 Å². The Balaban J connectivity index is 1.48. The number of H-pyrrole nitrogens is 1. The normalized spacial score (nSPS) is 19.1. The van der Waals surface area contributed by atoms with E-state index in [2.05, 4.69) is 27.0 Å². The van der Waals surface area contributed by atoms with Gasteiger partial charge in [-0.15, -0.1) is 0 Å². The number of carbonyl (C=O) groups excluding carboxylic acids is 1. The third-order valence-corrected chi connectivity index (χ3v) is 5.78. The maximum absolute atomic E-state index is 12.2. The van der Waals surface area contributed by atoms with Crippen molar-refractivity contribution < 1.29 is 4.79 Å². The highest BCUT2D eigenvalue weighted by atomic mass is 16.1. The SMILES string of the molecule is CC1(N)CCN(c2cnc3c(N4CCC(=O)c5ccccc54)n[nH]c3n2)CC1. The first-order valence-electron chi connectivity index (χ1n) is 9.67. The number of nitrogens with one attached hydrogen (secondary N) is 1. The van der Waals surface area contributed by atoms with Crippen molar-refractivity contribution >= 4 is 34.3 Å². The highest BCUT2D eigenvalue weighted by Crippen LogP contribution is 2.35. The molecule has 1 aromatic carbocycles. The van der Waals surface area contributed by atoms with Crippen molar-refractivity contribution in [3.8, 4) is 0 Å². The summed E-state index contributed by atoms with van der Waals surface area (Å²) >= 11 is 0. The summed E-state index contributed by atoms with van der Waals surface area (Å²) in [5, 5.41) is 7.50. The van der Waals surface area contributed by atoms with Crippen LogP contribution in [-0.4, -0.2) is 51.1 Å². The number of hydrogen-bond donors (Lipinski definition) is 2. The molecule has 8 nitrogen and oxygen atoms in total. The third-order valence-electron chi connectivity index (χ3n) is 5.78. The topological polar surface area (TPSA) is 104 Å². The van der Waals surface area contributed by atoms with E-state index in [1.54, 1.807) is 0 Å². The van der Waals surface area contributed by atoms with Gasteiger partial charge < -0.3 is 15.5 Å². The quantitative estimate of drug-likeness (QED) is 0.706. The number of para-hydroxylation sites is 1. The monoisotopic (exact) mass is 377 g/mol. The summed E-state index contributed by atoms with van der Waals surface area (Å²) < 4.78 is 0. The van der Waals surface area contributed by atoms with Gasteiger partial charge in [0.05, 0.1) is 11.9 Å². The number of aromatic amines is 1. The molecule has 1 saturated heterocycles. The summed E-state index contributed by atoms with van der Waals surface area (Å²) in [5.74, 6) is 1.71. The third kappa shape index (κ3) is 2.80. The Hall–Kier alpha value is -3.00. The number of piperidine rings is 1. The lowest BCUT2D eigenvalue weighted by atomic mass is 9.91. The molecular formula is C20H23N7O. The molecule has 0 unspecified atom stereocenters. The number of nitrogens with zero attached hydrogens (tertiary/aromatic N) is 5. The second-order valence-electron chi connectivity index (χ2n) is 7.96. The van der Waals surface area contributed by atoms with Crippen molar-refractivity contribution in [3.63, 3.8) is 0 Å². The summed E-state index contributed by atoms with van der Waals surface area (Å²) in [5.41, 5.74) is 9.10. The van der Waals surface area contributed by atoms with Gasteiger partial charge >= 0.3 is 0 Å². The van der Waals surface area contributed by atoms with Gasteiger partial charge in [-0.25, -0.2) is 9.97 Å². The standard InChI is InChI=1S/C20H23N7O/c1-20(21)7-10-26(11-8-20)16-12-22-17-18(23-16)24-25-19(17)27-9-6-15(28)13-4-2-3-5-14(13)27/h2-5,12H,6-11,21H2,1H3,(H,23,24,25). The lowest BCUT2D eigenvalue weighted by Crippen LogP contribution is -2.48. The lowest BCUT2D eigenvalue weighted by molar-refractivity contribution is 0.0981. The first-order chi connectivity index (χ1) is 13.5. The van der Waals surface area contributed by atoms with Crippen LogP contribution >= 0.6 is 0 Å². The molecule has 0 saturated carbocycles. The van der Waals surface area contributed by atoms with Crippen LogP contribution in [0.2, 0.25) is 0 Å². The van der Waals surface area contributed by atoms with Crippen molar-refractivity contribution in [2.24, 2.45) is 5.73 Å². The number of anilines is 3. The number of Topliss-reactive ketones (excluding diaryl/α,β-unsaturated/α-hetero) is 1. The zero-order valence-corrected chi connectivity index (χ0v) is 15.9. The van der Waals surface area contributed by atoms with E-state index in [1.165, 1.54) is 0 Å². The first kappa shape index (κ1) is 17.1.